The number of nitrogens with one attached hydrogen (secondary N) is 1. The lowest BCUT2D eigenvalue weighted by molar-refractivity contribution is -0.123. The number of phosphoric acid groups is 1. The third kappa shape index (κ3) is 33.5. The molecule has 0 aliphatic carbocycles. The highest BCUT2D eigenvalue weighted by atomic mass is 31.2. The van der Waals surface area contributed by atoms with Crippen molar-refractivity contribution in [1.29, 1.82) is 0 Å². The van der Waals surface area contributed by atoms with E-state index in [0.717, 1.165) is 38.5 Å². The number of rotatable bonds is 37. The van der Waals surface area contributed by atoms with Gasteiger partial charge >= 0.3 is 7.82 Å². The van der Waals surface area contributed by atoms with Crippen molar-refractivity contribution < 1.29 is 28.4 Å². The molecule has 0 radical (unpaired) electrons. The molecule has 0 heterocycles. The number of amides is 1. The molecule has 0 fully saturated rings. The van der Waals surface area contributed by atoms with E-state index in [1.54, 1.807) is 6.08 Å². The summed E-state index contributed by atoms with van der Waals surface area (Å²) in [5.41, 5.74) is 5.34. The van der Waals surface area contributed by atoms with Crippen molar-refractivity contribution in [2.75, 3.05) is 19.8 Å². The number of phosphoric ester groups is 1. The van der Waals surface area contributed by atoms with Crippen molar-refractivity contribution in [2.45, 2.75) is 206 Å². The standard InChI is InChI=1S/C38H77N2O6P/c1-3-5-7-9-11-12-13-14-15-16-17-18-19-20-21-22-23-24-26-28-30-32-38(42)40-36(35-46-47(43,44)45-34-33-39)37(41)31-29-27-25-10-8-6-4-2/h29,31,36-37,41H,3-28,30,32-35,39H2,1-2H3,(H,40,42)(H,43,44)/b31-29+. The summed E-state index contributed by atoms with van der Waals surface area (Å²) in [5.74, 6) is -0.195. The normalized spacial score (nSPS) is 14.4. The zero-order chi connectivity index (χ0) is 34.7. The molecular formula is C38H77N2O6P. The minimum Gasteiger partial charge on any atom is -0.387 e. The minimum absolute atomic E-state index is 0.0806. The Labute approximate surface area is 290 Å². The molecule has 8 nitrogen and oxygen atoms in total. The monoisotopic (exact) mass is 689 g/mol. The predicted octanol–water partition coefficient (Wildman–Crippen LogP) is 10.4. The molecular weight excluding hydrogens is 611 g/mol. The van der Waals surface area contributed by atoms with Crippen LogP contribution in [0.15, 0.2) is 12.2 Å². The first-order valence-corrected chi connectivity index (χ1v) is 21.3. The molecule has 0 bridgehead atoms. The molecule has 0 rings (SSSR count). The molecule has 0 aromatic heterocycles. The van der Waals surface area contributed by atoms with E-state index in [-0.39, 0.29) is 25.7 Å². The number of carbonyl (C=O) groups is 1. The van der Waals surface area contributed by atoms with Crippen LogP contribution in [0.2, 0.25) is 0 Å². The summed E-state index contributed by atoms with van der Waals surface area (Å²) < 4.78 is 21.9. The number of hydrogen-bond donors (Lipinski definition) is 4. The molecule has 0 saturated heterocycles. The highest BCUT2D eigenvalue weighted by Crippen LogP contribution is 2.43. The maximum absolute atomic E-state index is 12.7. The molecule has 0 aromatic rings. The fourth-order valence-electron chi connectivity index (χ4n) is 5.84. The van der Waals surface area contributed by atoms with Crippen LogP contribution in [0.5, 0.6) is 0 Å². The first-order valence-electron chi connectivity index (χ1n) is 19.8. The Morgan fingerprint density at radius 3 is 1.51 bits per heavy atom. The number of aliphatic hydroxyl groups excluding tert-OH is 1. The van der Waals surface area contributed by atoms with E-state index in [1.165, 1.54) is 135 Å². The van der Waals surface area contributed by atoms with Crippen molar-refractivity contribution >= 4 is 13.7 Å². The maximum Gasteiger partial charge on any atom is 0.472 e. The fourth-order valence-corrected chi connectivity index (χ4v) is 6.60. The summed E-state index contributed by atoms with van der Waals surface area (Å²) in [7, 11) is -4.32. The Kier molecular flexibility index (Phi) is 34.5. The van der Waals surface area contributed by atoms with Gasteiger partial charge in [0.25, 0.3) is 0 Å². The second-order valence-electron chi connectivity index (χ2n) is 13.5. The zero-order valence-corrected chi connectivity index (χ0v) is 31.7. The third-order valence-electron chi connectivity index (χ3n) is 8.86. The predicted molar refractivity (Wildman–Crippen MR) is 198 cm³/mol. The van der Waals surface area contributed by atoms with Gasteiger partial charge in [0, 0.05) is 13.0 Å². The SMILES string of the molecule is CCCCCCC/C=C/C(O)C(COP(=O)(O)OCCN)NC(=O)CCCCCCCCCCCCCCCCCCCCCCC. The highest BCUT2D eigenvalue weighted by Gasteiger charge is 2.26. The van der Waals surface area contributed by atoms with Crippen LogP contribution in [0.25, 0.3) is 0 Å². The molecule has 0 spiro atoms. The molecule has 0 aliphatic rings. The van der Waals surface area contributed by atoms with Gasteiger partial charge in [0.1, 0.15) is 0 Å². The van der Waals surface area contributed by atoms with E-state index < -0.39 is 20.0 Å². The van der Waals surface area contributed by atoms with Crippen molar-refractivity contribution in [1.82, 2.24) is 5.32 Å². The van der Waals surface area contributed by atoms with Gasteiger partial charge in [-0.05, 0) is 19.3 Å². The van der Waals surface area contributed by atoms with Crippen LogP contribution in [-0.2, 0) is 18.4 Å². The van der Waals surface area contributed by atoms with Gasteiger partial charge in [0.2, 0.25) is 5.91 Å². The van der Waals surface area contributed by atoms with E-state index in [0.29, 0.717) is 6.42 Å². The van der Waals surface area contributed by atoms with Crippen LogP contribution in [0.3, 0.4) is 0 Å². The molecule has 3 atom stereocenters. The number of unbranched alkanes of at least 4 members (excludes halogenated alkanes) is 25. The summed E-state index contributed by atoms with van der Waals surface area (Å²) in [6.45, 7) is 4.08. The summed E-state index contributed by atoms with van der Waals surface area (Å²) in [4.78, 5) is 22.5. The molecule has 1 amide bonds. The van der Waals surface area contributed by atoms with Crippen molar-refractivity contribution in [2.24, 2.45) is 5.73 Å². The molecule has 0 aliphatic heterocycles. The van der Waals surface area contributed by atoms with Crippen molar-refractivity contribution in [3.8, 4) is 0 Å². The van der Waals surface area contributed by atoms with Crippen molar-refractivity contribution in [3.63, 3.8) is 0 Å². The van der Waals surface area contributed by atoms with Crippen LogP contribution in [0.4, 0.5) is 0 Å². The van der Waals surface area contributed by atoms with E-state index in [2.05, 4.69) is 19.2 Å². The number of hydrogen-bond acceptors (Lipinski definition) is 6. The molecule has 0 saturated carbocycles. The lowest BCUT2D eigenvalue weighted by atomic mass is 10.0. The van der Waals surface area contributed by atoms with Gasteiger partial charge in [0.05, 0.1) is 25.4 Å². The van der Waals surface area contributed by atoms with Gasteiger partial charge in [-0.3, -0.25) is 13.8 Å². The molecule has 47 heavy (non-hydrogen) atoms. The van der Waals surface area contributed by atoms with Gasteiger partial charge in [-0.25, -0.2) is 4.57 Å². The molecule has 0 aromatic carbocycles. The van der Waals surface area contributed by atoms with Crippen LogP contribution >= 0.6 is 7.82 Å². The summed E-state index contributed by atoms with van der Waals surface area (Å²) in [5, 5.41) is 13.5. The molecule has 3 unspecified atom stereocenters. The Balaban J connectivity index is 4.00. The van der Waals surface area contributed by atoms with Crippen LogP contribution < -0.4 is 11.1 Å². The summed E-state index contributed by atoms with van der Waals surface area (Å²) in [6.07, 6.45) is 37.1. The summed E-state index contributed by atoms with van der Waals surface area (Å²) in [6, 6.07) is -0.851. The molecule has 5 N–H and O–H groups in total. The first-order chi connectivity index (χ1) is 22.9. The smallest absolute Gasteiger partial charge is 0.387 e. The quantitative estimate of drug-likeness (QED) is 0.0290. The van der Waals surface area contributed by atoms with Crippen LogP contribution in [-0.4, -0.2) is 47.8 Å². The van der Waals surface area contributed by atoms with Gasteiger partial charge in [-0.15, -0.1) is 0 Å². The lowest BCUT2D eigenvalue weighted by Gasteiger charge is -2.23. The fraction of sp³-hybridized carbons (Fsp3) is 0.921. The lowest BCUT2D eigenvalue weighted by Crippen LogP contribution is -2.45. The van der Waals surface area contributed by atoms with Crippen LogP contribution in [0, 0.1) is 0 Å². The number of carbonyl (C=O) groups excluding carboxylic acids is 1. The van der Waals surface area contributed by atoms with Gasteiger partial charge in [0.15, 0.2) is 0 Å². The van der Waals surface area contributed by atoms with Gasteiger partial charge < -0.3 is 21.1 Å². The summed E-state index contributed by atoms with van der Waals surface area (Å²) >= 11 is 0. The van der Waals surface area contributed by atoms with Gasteiger partial charge in [-0.1, -0.05) is 180 Å². The molecule has 280 valence electrons. The minimum atomic E-state index is -4.32. The second-order valence-corrected chi connectivity index (χ2v) is 15.0. The zero-order valence-electron chi connectivity index (χ0n) is 30.8. The van der Waals surface area contributed by atoms with E-state index in [4.69, 9.17) is 14.8 Å². The second kappa shape index (κ2) is 35.1. The Hall–Kier alpha value is -0.760. The maximum atomic E-state index is 12.7. The van der Waals surface area contributed by atoms with E-state index in [1.807, 2.05) is 6.08 Å². The van der Waals surface area contributed by atoms with Crippen molar-refractivity contribution in [3.05, 3.63) is 12.2 Å². The first kappa shape index (κ1) is 46.2. The third-order valence-corrected chi connectivity index (χ3v) is 9.85. The number of nitrogens with two attached hydrogens (primary N) is 1. The number of aliphatic hydroxyl groups is 1. The van der Waals surface area contributed by atoms with E-state index >= 15 is 0 Å². The average Bonchev–Trinajstić information content (AvgIpc) is 3.05. The Morgan fingerprint density at radius 1 is 0.681 bits per heavy atom. The molecule has 9 heteroatoms. The largest absolute Gasteiger partial charge is 0.472 e. The highest BCUT2D eigenvalue weighted by molar-refractivity contribution is 7.47. The number of allylic oxidation sites excluding steroid dienone is 1. The Morgan fingerprint density at radius 2 is 1.09 bits per heavy atom. The topological polar surface area (TPSA) is 131 Å². The average molecular weight is 689 g/mol. The van der Waals surface area contributed by atoms with E-state index in [9.17, 15) is 19.4 Å². The van der Waals surface area contributed by atoms with Gasteiger partial charge in [-0.2, -0.15) is 0 Å². The van der Waals surface area contributed by atoms with Crippen LogP contribution in [0.1, 0.15) is 194 Å². The Bertz CT molecular complexity index is 754.